The molecule has 0 aliphatic heterocycles. The van der Waals surface area contributed by atoms with E-state index in [1.807, 2.05) is 37.3 Å². The van der Waals surface area contributed by atoms with Crippen LogP contribution in [0.3, 0.4) is 0 Å². The largest absolute Gasteiger partial charge is 0.494 e. The molecule has 0 heterocycles. The molecule has 1 N–H and O–H groups in total. The fourth-order valence-corrected chi connectivity index (χ4v) is 2.43. The highest BCUT2D eigenvalue weighted by molar-refractivity contribution is 6.31. The Balaban J connectivity index is 2.29. The molecule has 21 heavy (non-hydrogen) atoms. The maximum absolute atomic E-state index is 11.6. The van der Waals surface area contributed by atoms with Gasteiger partial charge in [-0.3, -0.25) is 4.79 Å². The van der Waals surface area contributed by atoms with Crippen LogP contribution in [-0.2, 0) is 11.2 Å². The Morgan fingerprint density at radius 2 is 2.00 bits per heavy atom. The Morgan fingerprint density at radius 1 is 1.24 bits per heavy atom. The van der Waals surface area contributed by atoms with Crippen molar-refractivity contribution in [2.45, 2.75) is 19.3 Å². The van der Waals surface area contributed by atoms with E-state index in [0.717, 1.165) is 5.56 Å². The van der Waals surface area contributed by atoms with Gasteiger partial charge in [-0.15, -0.1) is 0 Å². The minimum absolute atomic E-state index is 0.352. The predicted octanol–water partition coefficient (Wildman–Crippen LogP) is 4.15. The molecule has 0 aliphatic carbocycles. The molecule has 0 fully saturated rings. The van der Waals surface area contributed by atoms with Crippen LogP contribution in [0.2, 0.25) is 5.02 Å². The Hall–Kier alpha value is -2.00. The third-order valence-electron chi connectivity index (χ3n) is 3.25. The lowest BCUT2D eigenvalue weighted by molar-refractivity contribution is -0.138. The second kappa shape index (κ2) is 7.14. The summed E-state index contributed by atoms with van der Waals surface area (Å²) in [5.41, 5.74) is 1.54. The van der Waals surface area contributed by atoms with E-state index >= 15 is 0 Å². The van der Waals surface area contributed by atoms with Crippen molar-refractivity contribution in [3.8, 4) is 5.75 Å². The maximum Gasteiger partial charge on any atom is 0.311 e. The first kappa shape index (κ1) is 15.4. The molecule has 0 aromatic heterocycles. The van der Waals surface area contributed by atoms with Gasteiger partial charge in [-0.2, -0.15) is 0 Å². The number of halogens is 1. The fraction of sp³-hybridized carbons (Fsp3) is 0.235. The van der Waals surface area contributed by atoms with Crippen molar-refractivity contribution < 1.29 is 14.6 Å². The monoisotopic (exact) mass is 304 g/mol. The van der Waals surface area contributed by atoms with E-state index in [1.165, 1.54) is 0 Å². The average molecular weight is 305 g/mol. The van der Waals surface area contributed by atoms with E-state index < -0.39 is 11.9 Å². The van der Waals surface area contributed by atoms with Crippen LogP contribution in [0.5, 0.6) is 5.75 Å². The van der Waals surface area contributed by atoms with Gasteiger partial charge in [0.2, 0.25) is 0 Å². The molecule has 0 amide bonds. The molecule has 0 saturated carbocycles. The summed E-state index contributed by atoms with van der Waals surface area (Å²) in [6, 6.07) is 14.5. The highest BCUT2D eigenvalue weighted by Crippen LogP contribution is 2.27. The number of benzene rings is 2. The van der Waals surface area contributed by atoms with Crippen molar-refractivity contribution in [2.75, 3.05) is 6.61 Å². The summed E-state index contributed by atoms with van der Waals surface area (Å²) in [6.45, 7) is 2.44. The average Bonchev–Trinajstić information content (AvgIpc) is 2.46. The van der Waals surface area contributed by atoms with Crippen LogP contribution in [0.15, 0.2) is 48.5 Å². The Kier molecular flexibility index (Phi) is 5.23. The van der Waals surface area contributed by atoms with Crippen LogP contribution >= 0.6 is 11.6 Å². The van der Waals surface area contributed by atoms with Crippen molar-refractivity contribution in [1.82, 2.24) is 0 Å². The number of carbonyl (C=O) groups is 1. The van der Waals surface area contributed by atoms with Crippen LogP contribution < -0.4 is 4.74 Å². The van der Waals surface area contributed by atoms with E-state index in [0.29, 0.717) is 29.4 Å². The molecule has 0 spiro atoms. The Labute approximate surface area is 129 Å². The molecule has 0 saturated heterocycles. The molecule has 2 rings (SSSR count). The number of hydrogen-bond donors (Lipinski definition) is 1. The summed E-state index contributed by atoms with van der Waals surface area (Å²) in [4.78, 5) is 11.6. The summed E-state index contributed by atoms with van der Waals surface area (Å²) >= 11 is 6.12. The standard InChI is InChI=1S/C17H17ClO3/c1-2-21-14-8-5-7-12(10-14)15(17(19)20)11-13-6-3-4-9-16(13)18/h3-10,15H,2,11H2,1H3,(H,19,20). The molecule has 1 atom stereocenters. The lowest BCUT2D eigenvalue weighted by atomic mass is 9.92. The van der Waals surface area contributed by atoms with Gasteiger partial charge in [0, 0.05) is 5.02 Å². The third kappa shape index (κ3) is 3.99. The summed E-state index contributed by atoms with van der Waals surface area (Å²) < 4.78 is 5.43. The van der Waals surface area contributed by atoms with Crippen LogP contribution in [0.4, 0.5) is 0 Å². The molecule has 0 bridgehead atoms. The fourth-order valence-electron chi connectivity index (χ4n) is 2.22. The Bertz CT molecular complexity index is 625. The summed E-state index contributed by atoms with van der Waals surface area (Å²) in [6.07, 6.45) is 0.352. The zero-order valence-electron chi connectivity index (χ0n) is 11.8. The number of rotatable bonds is 6. The van der Waals surface area contributed by atoms with Gasteiger partial charge < -0.3 is 9.84 Å². The highest BCUT2D eigenvalue weighted by atomic mass is 35.5. The van der Waals surface area contributed by atoms with Crippen molar-refractivity contribution in [3.05, 3.63) is 64.7 Å². The molecular formula is C17H17ClO3. The van der Waals surface area contributed by atoms with Crippen LogP contribution in [0, 0.1) is 0 Å². The van der Waals surface area contributed by atoms with E-state index in [-0.39, 0.29) is 0 Å². The van der Waals surface area contributed by atoms with Gasteiger partial charge in [0.25, 0.3) is 0 Å². The summed E-state index contributed by atoms with van der Waals surface area (Å²) in [7, 11) is 0. The van der Waals surface area contributed by atoms with Gasteiger partial charge in [0.05, 0.1) is 12.5 Å². The minimum Gasteiger partial charge on any atom is -0.494 e. The molecule has 0 aliphatic rings. The molecule has 2 aromatic carbocycles. The van der Waals surface area contributed by atoms with Crippen LogP contribution in [-0.4, -0.2) is 17.7 Å². The van der Waals surface area contributed by atoms with Crippen molar-refractivity contribution in [1.29, 1.82) is 0 Å². The molecule has 110 valence electrons. The minimum atomic E-state index is -0.872. The van der Waals surface area contributed by atoms with E-state index in [4.69, 9.17) is 16.3 Å². The quantitative estimate of drug-likeness (QED) is 0.872. The van der Waals surface area contributed by atoms with E-state index in [1.54, 1.807) is 18.2 Å². The maximum atomic E-state index is 11.6. The van der Waals surface area contributed by atoms with E-state index in [9.17, 15) is 9.90 Å². The Morgan fingerprint density at radius 3 is 2.67 bits per heavy atom. The predicted molar refractivity (Wildman–Crippen MR) is 83.1 cm³/mol. The number of ether oxygens (including phenoxy) is 1. The van der Waals surface area contributed by atoms with Crippen molar-refractivity contribution in [3.63, 3.8) is 0 Å². The normalized spacial score (nSPS) is 11.9. The first-order chi connectivity index (χ1) is 10.1. The number of carboxylic acids is 1. The first-order valence-electron chi connectivity index (χ1n) is 6.80. The first-order valence-corrected chi connectivity index (χ1v) is 7.18. The number of hydrogen-bond acceptors (Lipinski definition) is 2. The molecule has 2 aromatic rings. The van der Waals surface area contributed by atoms with Gasteiger partial charge in [-0.25, -0.2) is 0 Å². The van der Waals surface area contributed by atoms with Crippen LogP contribution in [0.25, 0.3) is 0 Å². The summed E-state index contributed by atoms with van der Waals surface area (Å²) in [5, 5.41) is 10.1. The lowest BCUT2D eigenvalue weighted by Gasteiger charge is -2.15. The van der Waals surface area contributed by atoms with E-state index in [2.05, 4.69) is 0 Å². The molecule has 0 radical (unpaired) electrons. The zero-order chi connectivity index (χ0) is 15.2. The molecule has 1 unspecified atom stereocenters. The second-order valence-electron chi connectivity index (χ2n) is 4.69. The van der Waals surface area contributed by atoms with Gasteiger partial charge in [-0.1, -0.05) is 41.9 Å². The second-order valence-corrected chi connectivity index (χ2v) is 5.10. The lowest BCUT2D eigenvalue weighted by Crippen LogP contribution is -2.14. The third-order valence-corrected chi connectivity index (χ3v) is 3.62. The highest BCUT2D eigenvalue weighted by Gasteiger charge is 2.21. The van der Waals surface area contributed by atoms with Gasteiger partial charge in [-0.05, 0) is 42.7 Å². The number of aliphatic carboxylic acids is 1. The molecular weight excluding hydrogens is 288 g/mol. The van der Waals surface area contributed by atoms with Gasteiger partial charge >= 0.3 is 5.97 Å². The SMILES string of the molecule is CCOc1cccc(C(Cc2ccccc2Cl)C(=O)O)c1. The summed E-state index contributed by atoms with van der Waals surface area (Å²) in [5.74, 6) is -0.839. The smallest absolute Gasteiger partial charge is 0.311 e. The molecule has 3 nitrogen and oxygen atoms in total. The van der Waals surface area contributed by atoms with Gasteiger partial charge in [0.15, 0.2) is 0 Å². The van der Waals surface area contributed by atoms with Gasteiger partial charge in [0.1, 0.15) is 5.75 Å². The van der Waals surface area contributed by atoms with Crippen molar-refractivity contribution in [2.24, 2.45) is 0 Å². The van der Waals surface area contributed by atoms with Crippen molar-refractivity contribution >= 4 is 17.6 Å². The topological polar surface area (TPSA) is 46.5 Å². The number of carboxylic acid groups (broad SMARTS) is 1. The molecule has 4 heteroatoms. The van der Waals surface area contributed by atoms with Crippen LogP contribution in [0.1, 0.15) is 24.0 Å². The zero-order valence-corrected chi connectivity index (χ0v) is 12.5.